The largest absolute Gasteiger partial charge is 0.484 e. The van der Waals surface area contributed by atoms with E-state index in [0.29, 0.717) is 21.6 Å². The number of amides is 1. The number of rotatable bonds is 7. The monoisotopic (exact) mass is 441 g/mol. The molecule has 0 saturated carbocycles. The van der Waals surface area contributed by atoms with Gasteiger partial charge in [-0.2, -0.15) is 8.78 Å². The molecular weight excluding hydrogens is 427 g/mol. The quantitative estimate of drug-likeness (QED) is 0.465. The lowest BCUT2D eigenvalue weighted by molar-refractivity contribution is -0.0493. The number of hydrogen-bond acceptors (Lipinski definition) is 4. The summed E-state index contributed by atoms with van der Waals surface area (Å²) in [6.45, 7) is -1.23. The zero-order chi connectivity index (χ0) is 21.0. The summed E-state index contributed by atoms with van der Waals surface area (Å²) in [6, 6.07) is 12.3. The first kappa shape index (κ1) is 21.0. The molecule has 0 fully saturated rings. The number of ether oxygens (including phenoxy) is 2. The van der Waals surface area contributed by atoms with Gasteiger partial charge < -0.3 is 19.2 Å². The molecule has 0 atom stereocenters. The van der Waals surface area contributed by atoms with Gasteiger partial charge in [-0.25, -0.2) is 0 Å². The van der Waals surface area contributed by atoms with Gasteiger partial charge in [-0.1, -0.05) is 29.3 Å². The van der Waals surface area contributed by atoms with Gasteiger partial charge in [0.2, 0.25) is 0 Å². The molecule has 29 heavy (non-hydrogen) atoms. The van der Waals surface area contributed by atoms with Crippen molar-refractivity contribution in [3.8, 4) is 11.5 Å². The van der Waals surface area contributed by atoms with Crippen LogP contribution in [0, 0.1) is 6.92 Å². The van der Waals surface area contributed by atoms with Gasteiger partial charge in [-0.3, -0.25) is 4.79 Å². The van der Waals surface area contributed by atoms with Crippen LogP contribution in [0.2, 0.25) is 10.0 Å². The Balaban J connectivity index is 1.67. The SMILES string of the molecule is Cc1ccc(OC(F)F)c(NC(=O)c2ccc(COc3ccc(Cl)cc3Cl)o2)c1. The third-order valence-corrected chi connectivity index (χ3v) is 4.28. The van der Waals surface area contributed by atoms with E-state index in [2.05, 4.69) is 10.1 Å². The molecule has 0 aliphatic rings. The third-order valence-electron chi connectivity index (χ3n) is 3.75. The van der Waals surface area contributed by atoms with E-state index in [-0.39, 0.29) is 23.8 Å². The fraction of sp³-hybridized carbons (Fsp3) is 0.150. The van der Waals surface area contributed by atoms with E-state index in [1.165, 1.54) is 18.2 Å². The summed E-state index contributed by atoms with van der Waals surface area (Å²) in [5.41, 5.74) is 0.868. The predicted molar refractivity (Wildman–Crippen MR) is 105 cm³/mol. The number of nitrogens with one attached hydrogen (secondary N) is 1. The Morgan fingerprint density at radius 3 is 2.59 bits per heavy atom. The summed E-state index contributed by atoms with van der Waals surface area (Å²) in [6.07, 6.45) is 0. The highest BCUT2D eigenvalue weighted by Gasteiger charge is 2.16. The van der Waals surface area contributed by atoms with Crippen LogP contribution in [0.3, 0.4) is 0 Å². The second kappa shape index (κ2) is 9.15. The summed E-state index contributed by atoms with van der Waals surface area (Å²) < 4.78 is 40.5. The molecule has 5 nitrogen and oxygen atoms in total. The molecular formula is C20H15Cl2F2NO4. The van der Waals surface area contributed by atoms with Crippen LogP contribution in [-0.2, 0) is 6.61 Å². The molecule has 1 heterocycles. The van der Waals surface area contributed by atoms with Gasteiger partial charge in [0.25, 0.3) is 5.91 Å². The average Bonchev–Trinajstić information content (AvgIpc) is 3.12. The summed E-state index contributed by atoms with van der Waals surface area (Å²) in [4.78, 5) is 12.4. The van der Waals surface area contributed by atoms with E-state index in [4.69, 9.17) is 32.4 Å². The van der Waals surface area contributed by atoms with E-state index >= 15 is 0 Å². The van der Waals surface area contributed by atoms with E-state index < -0.39 is 12.5 Å². The number of benzene rings is 2. The maximum absolute atomic E-state index is 12.6. The minimum atomic E-state index is -3.01. The van der Waals surface area contributed by atoms with Crippen LogP contribution in [0.4, 0.5) is 14.5 Å². The van der Waals surface area contributed by atoms with Crippen molar-refractivity contribution in [2.45, 2.75) is 20.1 Å². The summed E-state index contributed by atoms with van der Waals surface area (Å²) in [5, 5.41) is 3.33. The predicted octanol–water partition coefficient (Wildman–Crippen LogP) is 6.33. The lowest BCUT2D eigenvalue weighted by Crippen LogP contribution is -2.13. The molecule has 9 heteroatoms. The van der Waals surface area contributed by atoms with E-state index in [1.807, 2.05) is 0 Å². The molecule has 0 bridgehead atoms. The van der Waals surface area contributed by atoms with Crippen LogP contribution in [0.15, 0.2) is 52.9 Å². The van der Waals surface area contributed by atoms with Gasteiger partial charge in [-0.05, 0) is 55.0 Å². The molecule has 3 aromatic rings. The topological polar surface area (TPSA) is 60.7 Å². The van der Waals surface area contributed by atoms with Crippen LogP contribution in [0.5, 0.6) is 11.5 Å². The number of anilines is 1. The van der Waals surface area contributed by atoms with Gasteiger partial charge in [0.1, 0.15) is 23.9 Å². The molecule has 2 aromatic carbocycles. The summed E-state index contributed by atoms with van der Waals surface area (Å²) in [5.74, 6) is -0.00581. The van der Waals surface area contributed by atoms with Gasteiger partial charge >= 0.3 is 6.61 Å². The van der Waals surface area contributed by atoms with E-state index in [0.717, 1.165) is 5.56 Å². The third kappa shape index (κ3) is 5.62. The van der Waals surface area contributed by atoms with Crippen molar-refractivity contribution in [2.75, 3.05) is 5.32 Å². The minimum Gasteiger partial charge on any atom is -0.484 e. The van der Waals surface area contributed by atoms with Gasteiger partial charge in [0.15, 0.2) is 5.76 Å². The highest BCUT2D eigenvalue weighted by Crippen LogP contribution is 2.29. The minimum absolute atomic E-state index is 0.0182. The highest BCUT2D eigenvalue weighted by molar-refractivity contribution is 6.35. The number of furan rings is 1. The van der Waals surface area contributed by atoms with Crippen molar-refractivity contribution in [3.63, 3.8) is 0 Å². The van der Waals surface area contributed by atoms with Gasteiger partial charge in [-0.15, -0.1) is 0 Å². The van der Waals surface area contributed by atoms with Crippen LogP contribution in [-0.4, -0.2) is 12.5 Å². The first-order chi connectivity index (χ1) is 13.8. The molecule has 3 rings (SSSR count). The van der Waals surface area contributed by atoms with Crippen LogP contribution < -0.4 is 14.8 Å². The number of carbonyl (C=O) groups is 1. The molecule has 1 amide bonds. The second-order valence-corrected chi connectivity index (χ2v) is 6.81. The number of alkyl halides is 2. The number of halogens is 4. The zero-order valence-corrected chi connectivity index (χ0v) is 16.6. The van der Waals surface area contributed by atoms with E-state index in [9.17, 15) is 13.6 Å². The average molecular weight is 442 g/mol. The smallest absolute Gasteiger partial charge is 0.387 e. The number of hydrogen-bond donors (Lipinski definition) is 1. The Bertz CT molecular complexity index is 1020. The summed E-state index contributed by atoms with van der Waals surface area (Å²) in [7, 11) is 0. The van der Waals surface area contributed by atoms with Crippen molar-refractivity contribution in [1.29, 1.82) is 0 Å². The zero-order valence-electron chi connectivity index (χ0n) is 15.0. The molecule has 0 spiro atoms. The molecule has 0 unspecified atom stereocenters. The van der Waals surface area contributed by atoms with E-state index in [1.54, 1.807) is 37.3 Å². The first-order valence-corrected chi connectivity index (χ1v) is 9.11. The fourth-order valence-electron chi connectivity index (χ4n) is 2.44. The maximum atomic E-state index is 12.6. The second-order valence-electron chi connectivity index (χ2n) is 5.96. The normalized spacial score (nSPS) is 10.8. The van der Waals surface area contributed by atoms with Crippen molar-refractivity contribution < 1.29 is 27.5 Å². The van der Waals surface area contributed by atoms with Crippen molar-refractivity contribution in [2.24, 2.45) is 0 Å². The molecule has 1 aromatic heterocycles. The van der Waals surface area contributed by atoms with Crippen molar-refractivity contribution in [1.82, 2.24) is 0 Å². The van der Waals surface area contributed by atoms with Crippen LogP contribution in [0.1, 0.15) is 21.9 Å². The lowest BCUT2D eigenvalue weighted by Gasteiger charge is -2.12. The first-order valence-electron chi connectivity index (χ1n) is 8.35. The lowest BCUT2D eigenvalue weighted by atomic mass is 10.2. The standard InChI is InChI=1S/C20H15Cl2F2NO4/c1-11-2-5-17(29-20(23)24)15(8-11)25-19(26)18-7-4-13(28-18)10-27-16-6-3-12(21)9-14(16)22/h2-9,20H,10H2,1H3,(H,25,26). The Kier molecular flexibility index (Phi) is 6.61. The fourth-order valence-corrected chi connectivity index (χ4v) is 2.91. The Morgan fingerprint density at radius 1 is 1.10 bits per heavy atom. The van der Waals surface area contributed by atoms with Crippen LogP contribution in [0.25, 0.3) is 0 Å². The highest BCUT2D eigenvalue weighted by atomic mass is 35.5. The Morgan fingerprint density at radius 2 is 1.86 bits per heavy atom. The van der Waals surface area contributed by atoms with Crippen LogP contribution >= 0.6 is 23.2 Å². The molecule has 1 N–H and O–H groups in total. The molecule has 0 radical (unpaired) electrons. The maximum Gasteiger partial charge on any atom is 0.387 e. The molecule has 0 aliphatic carbocycles. The van der Waals surface area contributed by atoms with Crippen molar-refractivity contribution in [3.05, 3.63) is 75.7 Å². The van der Waals surface area contributed by atoms with Gasteiger partial charge in [0.05, 0.1) is 10.7 Å². The Hall–Kier alpha value is -2.77. The molecule has 152 valence electrons. The number of aryl methyl sites for hydroxylation is 1. The Labute approximate surface area is 175 Å². The summed E-state index contributed by atoms with van der Waals surface area (Å²) >= 11 is 11.9. The number of carbonyl (C=O) groups excluding carboxylic acids is 1. The molecule has 0 saturated heterocycles. The van der Waals surface area contributed by atoms with Crippen molar-refractivity contribution >= 4 is 34.8 Å². The molecule has 0 aliphatic heterocycles. The van der Waals surface area contributed by atoms with Gasteiger partial charge in [0, 0.05) is 5.02 Å².